The summed E-state index contributed by atoms with van der Waals surface area (Å²) in [6.07, 6.45) is 2.20. The van der Waals surface area contributed by atoms with Crippen molar-refractivity contribution in [2.45, 2.75) is 18.9 Å². The molecule has 2 heterocycles. The predicted molar refractivity (Wildman–Crippen MR) is 71.6 cm³/mol. The Kier molecular flexibility index (Phi) is 3.35. The van der Waals surface area contributed by atoms with E-state index in [0.717, 1.165) is 37.4 Å². The molecular weight excluding hydrogens is 226 g/mol. The number of nitrogens with one attached hydrogen (secondary N) is 1. The van der Waals surface area contributed by atoms with Gasteiger partial charge in [0.05, 0.1) is 6.04 Å². The maximum atomic E-state index is 5.97. The van der Waals surface area contributed by atoms with Gasteiger partial charge in [0.1, 0.15) is 11.3 Å². The molecule has 1 aromatic carbocycles. The minimum atomic E-state index is 0.293. The lowest BCUT2D eigenvalue weighted by Gasteiger charge is -2.28. The first kappa shape index (κ1) is 11.8. The van der Waals surface area contributed by atoms with E-state index < -0.39 is 0 Å². The lowest BCUT2D eigenvalue weighted by atomic mass is 9.90. The summed E-state index contributed by atoms with van der Waals surface area (Å²) in [5, 5.41) is 4.58. The molecule has 0 bridgehead atoms. The molecule has 1 aliphatic heterocycles. The van der Waals surface area contributed by atoms with Crippen molar-refractivity contribution >= 4 is 11.0 Å². The van der Waals surface area contributed by atoms with Crippen LogP contribution in [0, 0.1) is 5.92 Å². The van der Waals surface area contributed by atoms with Crippen LogP contribution in [0.2, 0.25) is 0 Å². The molecule has 1 aliphatic rings. The van der Waals surface area contributed by atoms with E-state index in [4.69, 9.17) is 9.15 Å². The number of hydrogen-bond donors (Lipinski definition) is 1. The molecule has 1 fully saturated rings. The van der Waals surface area contributed by atoms with Crippen LogP contribution in [0.15, 0.2) is 34.7 Å². The maximum Gasteiger partial charge on any atom is 0.134 e. The fraction of sp³-hybridized carbons (Fsp3) is 0.467. The standard InChI is InChI=1S/C15H19NO2/c1-16-15(11-6-8-17-9-7-11)14-10-12-4-2-3-5-13(12)18-14/h2-5,10-11,15-16H,6-9H2,1H3. The van der Waals surface area contributed by atoms with Gasteiger partial charge in [-0.2, -0.15) is 0 Å². The second-order valence-corrected chi connectivity index (χ2v) is 4.90. The van der Waals surface area contributed by atoms with Crippen LogP contribution in [0.3, 0.4) is 0 Å². The predicted octanol–water partition coefficient (Wildman–Crippen LogP) is 3.12. The molecule has 1 saturated heterocycles. The Morgan fingerprint density at radius 3 is 2.72 bits per heavy atom. The maximum absolute atomic E-state index is 5.97. The van der Waals surface area contributed by atoms with Crippen LogP contribution in [0.25, 0.3) is 11.0 Å². The van der Waals surface area contributed by atoms with Gasteiger partial charge in [-0.3, -0.25) is 0 Å². The zero-order valence-electron chi connectivity index (χ0n) is 10.7. The van der Waals surface area contributed by atoms with E-state index >= 15 is 0 Å². The Labute approximate surface area is 107 Å². The molecule has 96 valence electrons. The van der Waals surface area contributed by atoms with Crippen LogP contribution in [0.5, 0.6) is 0 Å². The molecule has 3 heteroatoms. The first-order valence-electron chi connectivity index (χ1n) is 6.62. The summed E-state index contributed by atoms with van der Waals surface area (Å²) in [7, 11) is 2.01. The summed E-state index contributed by atoms with van der Waals surface area (Å²) in [6.45, 7) is 1.73. The van der Waals surface area contributed by atoms with E-state index in [0.29, 0.717) is 12.0 Å². The smallest absolute Gasteiger partial charge is 0.134 e. The number of furan rings is 1. The van der Waals surface area contributed by atoms with Gasteiger partial charge in [0.2, 0.25) is 0 Å². The Morgan fingerprint density at radius 1 is 1.22 bits per heavy atom. The zero-order chi connectivity index (χ0) is 12.4. The van der Waals surface area contributed by atoms with Gasteiger partial charge < -0.3 is 14.5 Å². The monoisotopic (exact) mass is 245 g/mol. The molecule has 18 heavy (non-hydrogen) atoms. The molecule has 0 spiro atoms. The molecule has 2 aromatic rings. The van der Waals surface area contributed by atoms with Crippen LogP contribution >= 0.6 is 0 Å². The Bertz CT molecular complexity index is 481. The molecule has 1 aromatic heterocycles. The van der Waals surface area contributed by atoms with Gasteiger partial charge >= 0.3 is 0 Å². The summed E-state index contributed by atoms with van der Waals surface area (Å²) in [5.41, 5.74) is 0.972. The third kappa shape index (κ3) is 2.16. The van der Waals surface area contributed by atoms with E-state index in [9.17, 15) is 0 Å². The van der Waals surface area contributed by atoms with Gasteiger partial charge in [0.15, 0.2) is 0 Å². The lowest BCUT2D eigenvalue weighted by Crippen LogP contribution is -2.29. The van der Waals surface area contributed by atoms with Gasteiger partial charge in [-0.05, 0) is 37.9 Å². The van der Waals surface area contributed by atoms with Gasteiger partial charge in [-0.15, -0.1) is 0 Å². The second-order valence-electron chi connectivity index (χ2n) is 4.90. The third-order valence-electron chi connectivity index (χ3n) is 3.80. The van der Waals surface area contributed by atoms with Crippen LogP contribution < -0.4 is 5.32 Å². The van der Waals surface area contributed by atoms with E-state index in [1.807, 2.05) is 25.2 Å². The highest BCUT2D eigenvalue weighted by Gasteiger charge is 2.26. The number of benzene rings is 1. The average Bonchev–Trinajstić information content (AvgIpc) is 2.84. The van der Waals surface area contributed by atoms with Crippen molar-refractivity contribution in [1.29, 1.82) is 0 Å². The molecule has 0 radical (unpaired) electrons. The van der Waals surface area contributed by atoms with Crippen molar-refractivity contribution in [3.8, 4) is 0 Å². The van der Waals surface area contributed by atoms with E-state index in [-0.39, 0.29) is 0 Å². The Morgan fingerprint density at radius 2 is 2.00 bits per heavy atom. The van der Waals surface area contributed by atoms with Gasteiger partial charge in [0, 0.05) is 18.6 Å². The lowest BCUT2D eigenvalue weighted by molar-refractivity contribution is 0.0520. The van der Waals surface area contributed by atoms with Crippen LogP contribution in [0.1, 0.15) is 24.6 Å². The molecule has 0 saturated carbocycles. The highest BCUT2D eigenvalue weighted by atomic mass is 16.5. The summed E-state index contributed by atoms with van der Waals surface area (Å²) < 4.78 is 11.4. The van der Waals surface area contributed by atoms with Crippen molar-refractivity contribution in [3.63, 3.8) is 0 Å². The summed E-state index contributed by atoms with van der Waals surface area (Å²) in [5.74, 6) is 1.65. The van der Waals surface area contributed by atoms with Gasteiger partial charge in [-0.1, -0.05) is 18.2 Å². The van der Waals surface area contributed by atoms with E-state index in [1.165, 1.54) is 5.39 Å². The first-order valence-corrected chi connectivity index (χ1v) is 6.62. The molecule has 1 unspecified atom stereocenters. The average molecular weight is 245 g/mol. The molecule has 0 aliphatic carbocycles. The van der Waals surface area contributed by atoms with Crippen molar-refractivity contribution in [3.05, 3.63) is 36.1 Å². The summed E-state index contributed by atoms with van der Waals surface area (Å²) >= 11 is 0. The fourth-order valence-corrected chi connectivity index (χ4v) is 2.82. The fourth-order valence-electron chi connectivity index (χ4n) is 2.82. The van der Waals surface area contributed by atoms with Crippen molar-refractivity contribution in [2.24, 2.45) is 5.92 Å². The first-order chi connectivity index (χ1) is 8.88. The highest BCUT2D eigenvalue weighted by Crippen LogP contribution is 2.32. The molecular formula is C15H19NO2. The number of fused-ring (bicyclic) bond motifs is 1. The molecule has 3 nitrogen and oxygen atoms in total. The van der Waals surface area contributed by atoms with Gasteiger partial charge in [-0.25, -0.2) is 0 Å². The van der Waals surface area contributed by atoms with Crippen molar-refractivity contribution < 1.29 is 9.15 Å². The molecule has 3 rings (SSSR count). The Hall–Kier alpha value is -1.32. The molecule has 1 atom stereocenters. The van der Waals surface area contributed by atoms with Crippen LogP contribution in [-0.2, 0) is 4.74 Å². The van der Waals surface area contributed by atoms with Crippen LogP contribution in [0.4, 0.5) is 0 Å². The normalized spacial score (nSPS) is 19.2. The topological polar surface area (TPSA) is 34.4 Å². The van der Waals surface area contributed by atoms with E-state index in [2.05, 4.69) is 17.4 Å². The number of rotatable bonds is 3. The van der Waals surface area contributed by atoms with Gasteiger partial charge in [0.25, 0.3) is 0 Å². The quantitative estimate of drug-likeness (QED) is 0.902. The van der Waals surface area contributed by atoms with Crippen molar-refractivity contribution in [1.82, 2.24) is 5.32 Å². The molecule has 0 amide bonds. The number of para-hydroxylation sites is 1. The largest absolute Gasteiger partial charge is 0.459 e. The third-order valence-corrected chi connectivity index (χ3v) is 3.80. The number of ether oxygens (including phenoxy) is 1. The van der Waals surface area contributed by atoms with E-state index in [1.54, 1.807) is 0 Å². The summed E-state index contributed by atoms with van der Waals surface area (Å²) in [4.78, 5) is 0. The second kappa shape index (κ2) is 5.12. The van der Waals surface area contributed by atoms with Crippen LogP contribution in [-0.4, -0.2) is 20.3 Å². The van der Waals surface area contributed by atoms with Crippen molar-refractivity contribution in [2.75, 3.05) is 20.3 Å². The summed E-state index contributed by atoms with van der Waals surface area (Å²) in [6, 6.07) is 10.6. The molecule has 1 N–H and O–H groups in total. The minimum Gasteiger partial charge on any atom is -0.459 e. The number of hydrogen-bond acceptors (Lipinski definition) is 3. The zero-order valence-corrected chi connectivity index (χ0v) is 10.7. The highest BCUT2D eigenvalue weighted by molar-refractivity contribution is 5.77. The Balaban J connectivity index is 1.90. The SMILES string of the molecule is CNC(c1cc2ccccc2o1)C1CCOCC1. The minimum absolute atomic E-state index is 0.293.